The SMILES string of the molecule is CSc1ccc(C(C)Nc2ccc(C#N)c(C#N)c2)cc1. The second-order valence-electron chi connectivity index (χ2n) is 4.62. The van der Waals surface area contributed by atoms with Crippen LogP contribution in [0, 0.1) is 22.7 Å². The molecule has 0 aliphatic heterocycles. The van der Waals surface area contributed by atoms with Gasteiger partial charge in [0.15, 0.2) is 0 Å². The Morgan fingerprint density at radius 1 is 1.00 bits per heavy atom. The van der Waals surface area contributed by atoms with Crippen LogP contribution in [-0.4, -0.2) is 6.26 Å². The third-order valence-electron chi connectivity index (χ3n) is 3.26. The van der Waals surface area contributed by atoms with Crippen LogP contribution in [0.15, 0.2) is 47.4 Å². The van der Waals surface area contributed by atoms with E-state index < -0.39 is 0 Å². The van der Waals surface area contributed by atoms with Crippen molar-refractivity contribution >= 4 is 17.4 Å². The Hall–Kier alpha value is -2.43. The smallest absolute Gasteiger partial charge is 0.101 e. The minimum absolute atomic E-state index is 0.125. The maximum Gasteiger partial charge on any atom is 0.101 e. The molecular formula is C17H15N3S. The molecule has 0 aliphatic carbocycles. The Kier molecular flexibility index (Phi) is 4.87. The summed E-state index contributed by atoms with van der Waals surface area (Å²) in [6, 6.07) is 17.8. The lowest BCUT2D eigenvalue weighted by atomic mass is 10.1. The van der Waals surface area contributed by atoms with Gasteiger partial charge >= 0.3 is 0 Å². The lowest BCUT2D eigenvalue weighted by Gasteiger charge is -2.16. The minimum Gasteiger partial charge on any atom is -0.378 e. The highest BCUT2D eigenvalue weighted by molar-refractivity contribution is 7.98. The molecule has 0 heterocycles. The van der Waals surface area contributed by atoms with Gasteiger partial charge in [0.05, 0.1) is 11.1 Å². The van der Waals surface area contributed by atoms with Crippen LogP contribution in [-0.2, 0) is 0 Å². The van der Waals surface area contributed by atoms with Crippen molar-refractivity contribution in [3.05, 3.63) is 59.2 Å². The van der Waals surface area contributed by atoms with Crippen molar-refractivity contribution in [3.8, 4) is 12.1 Å². The van der Waals surface area contributed by atoms with Crippen LogP contribution in [0.2, 0.25) is 0 Å². The van der Waals surface area contributed by atoms with Crippen LogP contribution in [0.5, 0.6) is 0 Å². The highest BCUT2D eigenvalue weighted by Crippen LogP contribution is 2.23. The number of hydrogen-bond acceptors (Lipinski definition) is 4. The van der Waals surface area contributed by atoms with Crippen molar-refractivity contribution in [1.29, 1.82) is 10.5 Å². The van der Waals surface area contributed by atoms with E-state index in [-0.39, 0.29) is 6.04 Å². The zero-order valence-corrected chi connectivity index (χ0v) is 12.7. The molecule has 1 atom stereocenters. The highest BCUT2D eigenvalue weighted by Gasteiger charge is 2.08. The van der Waals surface area contributed by atoms with Gasteiger partial charge in [0.2, 0.25) is 0 Å². The maximum atomic E-state index is 9.05. The Balaban J connectivity index is 2.17. The van der Waals surface area contributed by atoms with Crippen molar-refractivity contribution in [2.24, 2.45) is 0 Å². The summed E-state index contributed by atoms with van der Waals surface area (Å²) in [6.07, 6.45) is 2.05. The molecule has 0 aromatic heterocycles. The lowest BCUT2D eigenvalue weighted by molar-refractivity contribution is 0.882. The molecule has 2 aromatic carbocycles. The summed E-state index contributed by atoms with van der Waals surface area (Å²) in [5, 5.41) is 21.3. The molecule has 21 heavy (non-hydrogen) atoms. The van der Waals surface area contributed by atoms with Crippen LogP contribution in [0.1, 0.15) is 29.7 Å². The van der Waals surface area contributed by atoms with E-state index in [1.807, 2.05) is 18.2 Å². The van der Waals surface area contributed by atoms with E-state index in [0.29, 0.717) is 11.1 Å². The number of hydrogen-bond donors (Lipinski definition) is 1. The molecule has 2 aromatic rings. The molecule has 4 heteroatoms. The summed E-state index contributed by atoms with van der Waals surface area (Å²) in [5.41, 5.74) is 2.81. The molecule has 2 rings (SSSR count). The first-order valence-corrected chi connectivity index (χ1v) is 7.75. The average Bonchev–Trinajstić information content (AvgIpc) is 2.54. The molecular weight excluding hydrogens is 278 g/mol. The van der Waals surface area contributed by atoms with Gasteiger partial charge in [-0.2, -0.15) is 10.5 Å². The first-order valence-electron chi connectivity index (χ1n) is 6.52. The van der Waals surface area contributed by atoms with Crippen molar-refractivity contribution in [3.63, 3.8) is 0 Å². The fraction of sp³-hybridized carbons (Fsp3) is 0.176. The first-order chi connectivity index (χ1) is 10.2. The Bertz CT molecular complexity index is 708. The monoisotopic (exact) mass is 293 g/mol. The van der Waals surface area contributed by atoms with Gasteiger partial charge in [-0.15, -0.1) is 11.8 Å². The quantitative estimate of drug-likeness (QED) is 0.853. The molecule has 0 radical (unpaired) electrons. The van der Waals surface area contributed by atoms with Crippen molar-refractivity contribution in [2.45, 2.75) is 17.9 Å². The molecule has 1 N–H and O–H groups in total. The van der Waals surface area contributed by atoms with Gasteiger partial charge in [0.25, 0.3) is 0 Å². The van der Waals surface area contributed by atoms with Gasteiger partial charge in [-0.05, 0) is 49.1 Å². The second kappa shape index (κ2) is 6.83. The molecule has 0 saturated carbocycles. The van der Waals surface area contributed by atoms with Crippen LogP contribution in [0.25, 0.3) is 0 Å². The third kappa shape index (κ3) is 3.56. The summed E-state index contributed by atoms with van der Waals surface area (Å²) in [4.78, 5) is 1.23. The van der Waals surface area contributed by atoms with Crippen LogP contribution in [0.3, 0.4) is 0 Å². The van der Waals surface area contributed by atoms with E-state index in [0.717, 1.165) is 5.69 Å². The van der Waals surface area contributed by atoms with Crippen LogP contribution >= 0.6 is 11.8 Å². The normalized spacial score (nSPS) is 11.2. The van der Waals surface area contributed by atoms with E-state index >= 15 is 0 Å². The van der Waals surface area contributed by atoms with Gasteiger partial charge in [0, 0.05) is 16.6 Å². The van der Waals surface area contributed by atoms with Gasteiger partial charge in [0.1, 0.15) is 12.1 Å². The third-order valence-corrected chi connectivity index (χ3v) is 4.00. The van der Waals surface area contributed by atoms with Gasteiger partial charge < -0.3 is 5.32 Å². The molecule has 0 saturated heterocycles. The molecule has 0 bridgehead atoms. The Labute approximate surface area is 129 Å². The summed E-state index contributed by atoms with van der Waals surface area (Å²) in [6.45, 7) is 2.07. The van der Waals surface area contributed by atoms with Crippen molar-refractivity contribution in [1.82, 2.24) is 0 Å². The number of nitriles is 2. The Morgan fingerprint density at radius 2 is 1.67 bits per heavy atom. The van der Waals surface area contributed by atoms with Gasteiger partial charge in [-0.25, -0.2) is 0 Å². The zero-order chi connectivity index (χ0) is 15.2. The van der Waals surface area contributed by atoms with Crippen LogP contribution < -0.4 is 5.32 Å². The molecule has 0 amide bonds. The molecule has 104 valence electrons. The number of nitrogens with one attached hydrogen (secondary N) is 1. The lowest BCUT2D eigenvalue weighted by Crippen LogP contribution is -2.06. The van der Waals surface area contributed by atoms with Crippen molar-refractivity contribution in [2.75, 3.05) is 11.6 Å². The molecule has 1 unspecified atom stereocenters. The number of rotatable bonds is 4. The molecule has 0 fully saturated rings. The van der Waals surface area contributed by atoms with E-state index in [2.05, 4.69) is 42.8 Å². The van der Waals surface area contributed by atoms with E-state index in [1.54, 1.807) is 23.9 Å². The largest absolute Gasteiger partial charge is 0.378 e. The number of anilines is 1. The van der Waals surface area contributed by atoms with Crippen molar-refractivity contribution < 1.29 is 0 Å². The highest BCUT2D eigenvalue weighted by atomic mass is 32.2. The second-order valence-corrected chi connectivity index (χ2v) is 5.50. The average molecular weight is 293 g/mol. The fourth-order valence-electron chi connectivity index (χ4n) is 2.05. The standard InChI is InChI=1S/C17H15N3S/c1-12(13-4-7-17(21-2)8-5-13)20-16-6-3-14(10-18)15(9-16)11-19/h3-9,12,20H,1-2H3. The van der Waals surface area contributed by atoms with E-state index in [1.165, 1.54) is 10.5 Å². The molecule has 0 spiro atoms. The summed E-state index contributed by atoms with van der Waals surface area (Å²) in [5.74, 6) is 0. The summed E-state index contributed by atoms with van der Waals surface area (Å²) < 4.78 is 0. The van der Waals surface area contributed by atoms with Crippen LogP contribution in [0.4, 0.5) is 5.69 Å². The first kappa shape index (κ1) is 15.0. The minimum atomic E-state index is 0.125. The number of nitrogens with zero attached hydrogens (tertiary/aromatic N) is 2. The zero-order valence-electron chi connectivity index (χ0n) is 11.9. The predicted molar refractivity (Wildman–Crippen MR) is 86.1 cm³/mol. The topological polar surface area (TPSA) is 59.6 Å². The summed E-state index contributed by atoms with van der Waals surface area (Å²) >= 11 is 1.72. The van der Waals surface area contributed by atoms with Gasteiger partial charge in [-0.1, -0.05) is 12.1 Å². The summed E-state index contributed by atoms with van der Waals surface area (Å²) in [7, 11) is 0. The number of thioether (sulfide) groups is 1. The van der Waals surface area contributed by atoms with E-state index in [4.69, 9.17) is 10.5 Å². The predicted octanol–water partition coefficient (Wildman–Crippen LogP) is 4.32. The fourth-order valence-corrected chi connectivity index (χ4v) is 2.46. The van der Waals surface area contributed by atoms with Gasteiger partial charge in [-0.3, -0.25) is 0 Å². The van der Waals surface area contributed by atoms with E-state index in [9.17, 15) is 0 Å². The maximum absolute atomic E-state index is 9.05. The molecule has 0 aliphatic rings. The molecule has 3 nitrogen and oxygen atoms in total. The number of benzene rings is 2. The Morgan fingerprint density at radius 3 is 2.24 bits per heavy atom.